The molecule has 1 heterocycles. The molecule has 3 heteroatoms. The van der Waals surface area contributed by atoms with Gasteiger partial charge in [0, 0.05) is 12.0 Å². The molecule has 3 nitrogen and oxygen atoms in total. The second kappa shape index (κ2) is 8.02. The molecule has 20 heavy (non-hydrogen) atoms. The van der Waals surface area contributed by atoms with Crippen LogP contribution in [0.1, 0.15) is 65.2 Å². The van der Waals surface area contributed by atoms with Crippen molar-refractivity contribution < 1.29 is 4.79 Å². The maximum Gasteiger partial charge on any atom is 0.223 e. The van der Waals surface area contributed by atoms with Gasteiger partial charge >= 0.3 is 0 Å². The molecule has 2 unspecified atom stereocenters. The summed E-state index contributed by atoms with van der Waals surface area (Å²) in [5.74, 6) is 2.11. The minimum Gasteiger partial charge on any atom is -0.353 e. The van der Waals surface area contributed by atoms with Crippen LogP contribution in [0.2, 0.25) is 0 Å². The number of hydrogen-bond donors (Lipinski definition) is 2. The first kappa shape index (κ1) is 15.8. The van der Waals surface area contributed by atoms with E-state index in [1.54, 1.807) is 0 Å². The van der Waals surface area contributed by atoms with Crippen LogP contribution in [-0.4, -0.2) is 25.0 Å². The molecular weight excluding hydrogens is 248 g/mol. The summed E-state index contributed by atoms with van der Waals surface area (Å²) in [6.07, 6.45) is 9.96. The average Bonchev–Trinajstić information content (AvgIpc) is 3.00. The molecule has 0 spiro atoms. The first-order chi connectivity index (χ1) is 9.70. The Kier molecular flexibility index (Phi) is 6.34. The first-order valence-corrected chi connectivity index (χ1v) is 8.71. The Bertz CT molecular complexity index is 291. The molecule has 2 atom stereocenters. The molecule has 0 aromatic rings. The van der Waals surface area contributed by atoms with E-state index in [4.69, 9.17) is 0 Å². The molecule has 1 aliphatic carbocycles. The molecule has 1 saturated carbocycles. The van der Waals surface area contributed by atoms with E-state index in [1.807, 2.05) is 0 Å². The second-order valence-electron chi connectivity index (χ2n) is 6.91. The zero-order valence-electron chi connectivity index (χ0n) is 13.3. The summed E-state index contributed by atoms with van der Waals surface area (Å²) in [6.45, 7) is 6.60. The van der Waals surface area contributed by atoms with Crippen LogP contribution in [0.5, 0.6) is 0 Å². The largest absolute Gasteiger partial charge is 0.353 e. The van der Waals surface area contributed by atoms with Crippen LogP contribution in [-0.2, 0) is 4.79 Å². The Morgan fingerprint density at radius 2 is 2.00 bits per heavy atom. The number of carbonyl (C=O) groups excluding carboxylic acids is 1. The van der Waals surface area contributed by atoms with Crippen molar-refractivity contribution >= 4 is 5.91 Å². The number of hydrogen-bond acceptors (Lipinski definition) is 2. The Morgan fingerprint density at radius 3 is 2.60 bits per heavy atom. The number of rotatable bonds is 6. The molecule has 1 amide bonds. The maximum atomic E-state index is 12.4. The van der Waals surface area contributed by atoms with E-state index in [0.29, 0.717) is 17.9 Å². The molecule has 0 aromatic carbocycles. The lowest BCUT2D eigenvalue weighted by molar-refractivity contribution is -0.127. The fourth-order valence-electron chi connectivity index (χ4n) is 3.77. The predicted molar refractivity (Wildman–Crippen MR) is 83.6 cm³/mol. The summed E-state index contributed by atoms with van der Waals surface area (Å²) >= 11 is 0. The van der Waals surface area contributed by atoms with Gasteiger partial charge in [0.25, 0.3) is 0 Å². The molecule has 2 fully saturated rings. The van der Waals surface area contributed by atoms with Gasteiger partial charge in [0.05, 0.1) is 0 Å². The quantitative estimate of drug-likeness (QED) is 0.785. The van der Waals surface area contributed by atoms with Crippen LogP contribution >= 0.6 is 0 Å². The Morgan fingerprint density at radius 1 is 1.25 bits per heavy atom. The first-order valence-electron chi connectivity index (χ1n) is 8.71. The summed E-state index contributed by atoms with van der Waals surface area (Å²) in [5, 5.41) is 6.65. The van der Waals surface area contributed by atoms with Crippen molar-refractivity contribution in [1.29, 1.82) is 0 Å². The summed E-state index contributed by atoms with van der Waals surface area (Å²) < 4.78 is 0. The molecule has 1 saturated heterocycles. The van der Waals surface area contributed by atoms with Crippen molar-refractivity contribution in [1.82, 2.24) is 10.6 Å². The van der Waals surface area contributed by atoms with Crippen LogP contribution in [0, 0.1) is 17.8 Å². The highest BCUT2D eigenvalue weighted by atomic mass is 16.1. The lowest BCUT2D eigenvalue weighted by atomic mass is 9.79. The van der Waals surface area contributed by atoms with Crippen LogP contribution in [0.3, 0.4) is 0 Å². The van der Waals surface area contributed by atoms with Crippen molar-refractivity contribution in [3.63, 3.8) is 0 Å². The van der Waals surface area contributed by atoms with E-state index in [1.165, 1.54) is 38.5 Å². The van der Waals surface area contributed by atoms with E-state index >= 15 is 0 Å². The van der Waals surface area contributed by atoms with Gasteiger partial charge in [-0.25, -0.2) is 0 Å². The van der Waals surface area contributed by atoms with E-state index < -0.39 is 0 Å². The third-order valence-electron chi connectivity index (χ3n) is 5.36. The van der Waals surface area contributed by atoms with Crippen LogP contribution in [0.4, 0.5) is 0 Å². The van der Waals surface area contributed by atoms with Crippen molar-refractivity contribution in [3.05, 3.63) is 0 Å². The third-order valence-corrected chi connectivity index (χ3v) is 5.36. The molecule has 1 aliphatic heterocycles. The van der Waals surface area contributed by atoms with Crippen molar-refractivity contribution in [2.75, 3.05) is 13.1 Å². The molecular formula is C17H32N2O. The molecule has 0 radical (unpaired) electrons. The van der Waals surface area contributed by atoms with Crippen molar-refractivity contribution in [2.24, 2.45) is 17.8 Å². The van der Waals surface area contributed by atoms with E-state index in [0.717, 1.165) is 31.8 Å². The van der Waals surface area contributed by atoms with Crippen molar-refractivity contribution in [2.45, 2.75) is 71.3 Å². The van der Waals surface area contributed by atoms with E-state index in [2.05, 4.69) is 24.5 Å². The SMILES string of the molecule is CCCCC1CCC(C(=O)NC(C)C2CCNC2)CC1. The topological polar surface area (TPSA) is 41.1 Å². The summed E-state index contributed by atoms with van der Waals surface area (Å²) in [5.41, 5.74) is 0. The maximum absolute atomic E-state index is 12.4. The van der Waals surface area contributed by atoms with Gasteiger partial charge in [-0.2, -0.15) is 0 Å². The molecule has 2 aliphatic rings. The van der Waals surface area contributed by atoms with Gasteiger partial charge in [-0.3, -0.25) is 4.79 Å². The normalized spacial score (nSPS) is 32.0. The van der Waals surface area contributed by atoms with Gasteiger partial charge in [0.1, 0.15) is 0 Å². The lowest BCUT2D eigenvalue weighted by Gasteiger charge is -2.29. The molecule has 2 rings (SSSR count). The average molecular weight is 280 g/mol. The monoisotopic (exact) mass is 280 g/mol. The highest BCUT2D eigenvalue weighted by molar-refractivity contribution is 5.79. The van der Waals surface area contributed by atoms with Gasteiger partial charge in [-0.15, -0.1) is 0 Å². The minimum absolute atomic E-state index is 0.282. The fraction of sp³-hybridized carbons (Fsp3) is 0.941. The van der Waals surface area contributed by atoms with Gasteiger partial charge in [0.2, 0.25) is 5.91 Å². The Labute approximate surface area is 124 Å². The van der Waals surface area contributed by atoms with E-state index in [9.17, 15) is 4.79 Å². The Balaban J connectivity index is 1.68. The van der Waals surface area contributed by atoms with E-state index in [-0.39, 0.29) is 5.92 Å². The van der Waals surface area contributed by atoms with Crippen LogP contribution < -0.4 is 10.6 Å². The summed E-state index contributed by atoms with van der Waals surface area (Å²) in [7, 11) is 0. The smallest absolute Gasteiger partial charge is 0.223 e. The number of amides is 1. The summed E-state index contributed by atoms with van der Waals surface area (Å²) in [4.78, 5) is 12.4. The fourth-order valence-corrected chi connectivity index (χ4v) is 3.77. The standard InChI is InChI=1S/C17H32N2O/c1-3-4-5-14-6-8-15(9-7-14)17(20)19-13(2)16-10-11-18-12-16/h13-16,18H,3-12H2,1-2H3,(H,19,20). The number of nitrogens with one attached hydrogen (secondary N) is 2. The molecule has 2 N–H and O–H groups in total. The number of unbranched alkanes of at least 4 members (excludes halogenated alkanes) is 1. The summed E-state index contributed by atoms with van der Waals surface area (Å²) in [6, 6.07) is 0.329. The highest BCUT2D eigenvalue weighted by Crippen LogP contribution is 2.32. The van der Waals surface area contributed by atoms with Crippen molar-refractivity contribution in [3.8, 4) is 0 Å². The predicted octanol–water partition coefficient (Wildman–Crippen LogP) is 3.10. The highest BCUT2D eigenvalue weighted by Gasteiger charge is 2.29. The third kappa shape index (κ3) is 4.47. The molecule has 0 aromatic heterocycles. The van der Waals surface area contributed by atoms with Gasteiger partial charge < -0.3 is 10.6 Å². The van der Waals surface area contributed by atoms with Crippen LogP contribution in [0.25, 0.3) is 0 Å². The molecule has 116 valence electrons. The number of carbonyl (C=O) groups is 1. The van der Waals surface area contributed by atoms with Gasteiger partial charge in [-0.1, -0.05) is 26.2 Å². The zero-order valence-corrected chi connectivity index (χ0v) is 13.3. The second-order valence-corrected chi connectivity index (χ2v) is 6.91. The minimum atomic E-state index is 0.282. The Hall–Kier alpha value is -0.570. The zero-order chi connectivity index (χ0) is 14.4. The van der Waals surface area contributed by atoms with Gasteiger partial charge in [0.15, 0.2) is 0 Å². The van der Waals surface area contributed by atoms with Gasteiger partial charge in [-0.05, 0) is 64.0 Å². The lowest BCUT2D eigenvalue weighted by Crippen LogP contribution is -2.42. The van der Waals surface area contributed by atoms with Crippen LogP contribution in [0.15, 0.2) is 0 Å². The molecule has 0 bridgehead atoms.